The number of hydrogen-bond donors (Lipinski definition) is 3. The number of hydrogen-bond acceptors (Lipinski definition) is 4. The number of nitrogens with one attached hydrogen (secondary N) is 1. The maximum absolute atomic E-state index is 10.7. The fourth-order valence-electron chi connectivity index (χ4n) is 1.82. The van der Waals surface area contributed by atoms with Crippen molar-refractivity contribution < 1.29 is 14.6 Å². The van der Waals surface area contributed by atoms with Gasteiger partial charge in [-0.15, -0.1) is 0 Å². The highest BCUT2D eigenvalue weighted by atomic mass is 16.5. The summed E-state index contributed by atoms with van der Waals surface area (Å²) >= 11 is 0. The molecule has 20 heavy (non-hydrogen) atoms. The van der Waals surface area contributed by atoms with Gasteiger partial charge in [-0.3, -0.25) is 4.79 Å². The number of aliphatic hydroxyl groups is 1. The number of nitrogens with two attached hydrogens (primary N) is 1. The third-order valence-electron chi connectivity index (χ3n) is 2.98. The van der Waals surface area contributed by atoms with Crippen molar-refractivity contribution in [3.05, 3.63) is 29.3 Å². The van der Waals surface area contributed by atoms with Gasteiger partial charge in [-0.1, -0.05) is 12.1 Å². The number of amides is 1. The molecule has 2 unspecified atom stereocenters. The van der Waals surface area contributed by atoms with Crippen LogP contribution in [0.2, 0.25) is 0 Å². The Morgan fingerprint density at radius 3 is 2.80 bits per heavy atom. The van der Waals surface area contributed by atoms with Gasteiger partial charge in [0.2, 0.25) is 5.91 Å². The average molecular weight is 280 g/mol. The zero-order valence-corrected chi connectivity index (χ0v) is 12.3. The Morgan fingerprint density at radius 1 is 1.45 bits per heavy atom. The van der Waals surface area contributed by atoms with E-state index >= 15 is 0 Å². The number of primary amides is 1. The van der Waals surface area contributed by atoms with E-state index in [4.69, 9.17) is 10.5 Å². The van der Waals surface area contributed by atoms with E-state index in [0.29, 0.717) is 6.54 Å². The van der Waals surface area contributed by atoms with Crippen LogP contribution in [0.3, 0.4) is 0 Å². The van der Waals surface area contributed by atoms with E-state index in [1.165, 1.54) is 0 Å². The van der Waals surface area contributed by atoms with Crippen molar-refractivity contribution in [2.75, 3.05) is 13.2 Å². The molecule has 0 fully saturated rings. The molecule has 2 atom stereocenters. The van der Waals surface area contributed by atoms with E-state index < -0.39 is 6.10 Å². The van der Waals surface area contributed by atoms with Crippen molar-refractivity contribution in [3.8, 4) is 5.75 Å². The second-order valence-electron chi connectivity index (χ2n) is 5.21. The van der Waals surface area contributed by atoms with Gasteiger partial charge in [0.25, 0.3) is 0 Å². The molecule has 0 bridgehead atoms. The van der Waals surface area contributed by atoms with Crippen molar-refractivity contribution in [3.63, 3.8) is 0 Å². The van der Waals surface area contributed by atoms with Crippen LogP contribution in [0.5, 0.6) is 5.75 Å². The van der Waals surface area contributed by atoms with Crippen molar-refractivity contribution in [2.45, 2.75) is 39.3 Å². The van der Waals surface area contributed by atoms with E-state index in [-0.39, 0.29) is 25.0 Å². The molecule has 0 saturated carbocycles. The smallest absolute Gasteiger partial charge is 0.218 e. The molecule has 0 aliphatic carbocycles. The summed E-state index contributed by atoms with van der Waals surface area (Å²) in [6, 6.07) is 5.91. The van der Waals surface area contributed by atoms with Gasteiger partial charge >= 0.3 is 0 Å². The SMILES string of the molecule is Cc1ccc(C)c(OCC(O)CNC(C)CC(N)=O)c1. The quantitative estimate of drug-likeness (QED) is 0.660. The van der Waals surface area contributed by atoms with Crippen LogP contribution < -0.4 is 15.8 Å². The molecule has 5 nitrogen and oxygen atoms in total. The molecule has 5 heteroatoms. The fourth-order valence-corrected chi connectivity index (χ4v) is 1.82. The Bertz CT molecular complexity index is 449. The summed E-state index contributed by atoms with van der Waals surface area (Å²) in [7, 11) is 0. The van der Waals surface area contributed by atoms with E-state index in [0.717, 1.165) is 16.9 Å². The van der Waals surface area contributed by atoms with Crippen LogP contribution in [0, 0.1) is 13.8 Å². The Hall–Kier alpha value is -1.59. The van der Waals surface area contributed by atoms with Crippen LogP contribution in [0.4, 0.5) is 0 Å². The van der Waals surface area contributed by atoms with E-state index in [1.54, 1.807) is 0 Å². The van der Waals surface area contributed by atoms with Crippen LogP contribution >= 0.6 is 0 Å². The van der Waals surface area contributed by atoms with Gasteiger partial charge in [0.1, 0.15) is 18.5 Å². The summed E-state index contributed by atoms with van der Waals surface area (Å²) < 4.78 is 5.61. The van der Waals surface area contributed by atoms with Gasteiger partial charge in [0.15, 0.2) is 0 Å². The van der Waals surface area contributed by atoms with Crippen molar-refractivity contribution in [2.24, 2.45) is 5.73 Å². The summed E-state index contributed by atoms with van der Waals surface area (Å²) in [4.78, 5) is 10.7. The molecule has 4 N–H and O–H groups in total. The monoisotopic (exact) mass is 280 g/mol. The summed E-state index contributed by atoms with van der Waals surface area (Å²) in [5.41, 5.74) is 7.26. The minimum atomic E-state index is -0.634. The van der Waals surface area contributed by atoms with Gasteiger partial charge in [-0.25, -0.2) is 0 Å². The van der Waals surface area contributed by atoms with Gasteiger partial charge in [0, 0.05) is 19.0 Å². The molecule has 1 aromatic carbocycles. The molecule has 0 heterocycles. The summed E-state index contributed by atoms with van der Waals surface area (Å²) in [5, 5.41) is 12.9. The number of benzene rings is 1. The van der Waals surface area contributed by atoms with E-state index in [2.05, 4.69) is 5.32 Å². The Kier molecular flexibility index (Phi) is 6.48. The summed E-state index contributed by atoms with van der Waals surface area (Å²) in [6.07, 6.45) is -0.380. The third-order valence-corrected chi connectivity index (χ3v) is 2.98. The second kappa shape index (κ2) is 7.87. The lowest BCUT2D eigenvalue weighted by Gasteiger charge is -2.17. The van der Waals surface area contributed by atoms with Crippen molar-refractivity contribution in [1.82, 2.24) is 5.32 Å². The van der Waals surface area contributed by atoms with Crippen LogP contribution in [0.25, 0.3) is 0 Å². The maximum atomic E-state index is 10.7. The lowest BCUT2D eigenvalue weighted by atomic mass is 10.1. The Morgan fingerprint density at radius 2 is 2.15 bits per heavy atom. The first-order valence-corrected chi connectivity index (χ1v) is 6.78. The molecule has 1 aromatic rings. The molecule has 0 aliphatic heterocycles. The highest BCUT2D eigenvalue weighted by molar-refractivity contribution is 5.74. The molecule has 0 saturated heterocycles. The third kappa shape index (κ3) is 6.04. The number of rotatable bonds is 8. The average Bonchev–Trinajstić information content (AvgIpc) is 2.36. The molecule has 112 valence electrons. The lowest BCUT2D eigenvalue weighted by Crippen LogP contribution is -2.38. The lowest BCUT2D eigenvalue weighted by molar-refractivity contribution is -0.118. The molecular weight excluding hydrogens is 256 g/mol. The molecule has 0 spiro atoms. The first kappa shape index (κ1) is 16.5. The van der Waals surface area contributed by atoms with Crippen molar-refractivity contribution in [1.29, 1.82) is 0 Å². The van der Waals surface area contributed by atoms with Crippen LogP contribution in [0.1, 0.15) is 24.5 Å². The minimum Gasteiger partial charge on any atom is -0.491 e. The number of aryl methyl sites for hydroxylation is 2. The zero-order chi connectivity index (χ0) is 15.1. The minimum absolute atomic E-state index is 0.0529. The highest BCUT2D eigenvalue weighted by Crippen LogP contribution is 2.19. The van der Waals surface area contributed by atoms with Crippen LogP contribution in [-0.4, -0.2) is 36.3 Å². The summed E-state index contributed by atoms with van der Waals surface area (Å²) in [6.45, 7) is 6.38. The highest BCUT2D eigenvalue weighted by Gasteiger charge is 2.10. The zero-order valence-electron chi connectivity index (χ0n) is 12.3. The van der Waals surface area contributed by atoms with Crippen LogP contribution in [0.15, 0.2) is 18.2 Å². The number of aliphatic hydroxyl groups excluding tert-OH is 1. The molecule has 1 rings (SSSR count). The van der Waals surface area contributed by atoms with Gasteiger partial charge in [-0.05, 0) is 38.0 Å². The molecule has 0 radical (unpaired) electrons. The predicted octanol–water partition coefficient (Wildman–Crippen LogP) is 0.897. The van der Waals surface area contributed by atoms with Crippen LogP contribution in [-0.2, 0) is 4.79 Å². The first-order valence-electron chi connectivity index (χ1n) is 6.78. The second-order valence-corrected chi connectivity index (χ2v) is 5.21. The Balaban J connectivity index is 2.34. The van der Waals surface area contributed by atoms with Crippen molar-refractivity contribution >= 4 is 5.91 Å². The first-order chi connectivity index (χ1) is 9.38. The fraction of sp³-hybridized carbons (Fsp3) is 0.533. The topological polar surface area (TPSA) is 84.6 Å². The molecule has 1 amide bonds. The number of carbonyl (C=O) groups excluding carboxylic acids is 1. The van der Waals surface area contributed by atoms with E-state index in [1.807, 2.05) is 39.0 Å². The molecule has 0 aliphatic rings. The van der Waals surface area contributed by atoms with E-state index in [9.17, 15) is 9.90 Å². The molecular formula is C15H24N2O3. The summed E-state index contributed by atoms with van der Waals surface area (Å²) in [5.74, 6) is 0.431. The Labute approximate surface area is 120 Å². The standard InChI is InChI=1S/C15H24N2O3/c1-10-4-5-11(2)14(6-10)20-9-13(18)8-17-12(3)7-15(16)19/h4-6,12-13,17-18H,7-9H2,1-3H3,(H2,16,19). The number of carbonyl (C=O) groups is 1. The van der Waals surface area contributed by atoms with Gasteiger partial charge in [-0.2, -0.15) is 0 Å². The normalized spacial score (nSPS) is 13.8. The molecule has 0 aromatic heterocycles. The van der Waals surface area contributed by atoms with Gasteiger partial charge in [0.05, 0.1) is 0 Å². The largest absolute Gasteiger partial charge is 0.491 e. The number of ether oxygens (including phenoxy) is 1. The maximum Gasteiger partial charge on any atom is 0.218 e. The predicted molar refractivity (Wildman–Crippen MR) is 78.7 cm³/mol. The van der Waals surface area contributed by atoms with Gasteiger partial charge < -0.3 is 20.9 Å².